The number of rotatable bonds is 10. The number of esters is 2. The van der Waals surface area contributed by atoms with Crippen LogP contribution in [0.1, 0.15) is 33.1 Å². The van der Waals surface area contributed by atoms with E-state index in [0.717, 1.165) is 0 Å². The lowest BCUT2D eigenvalue weighted by molar-refractivity contribution is -0.873. The number of hydrogen-bond acceptors (Lipinski definition) is 5. The minimum atomic E-state index is -0.447. The van der Waals surface area contributed by atoms with Crippen LogP contribution >= 0.6 is 12.6 Å². The molecule has 0 saturated carbocycles. The lowest BCUT2D eigenvalue weighted by atomic mass is 10.2. The molecule has 0 heterocycles. The van der Waals surface area contributed by atoms with Crippen molar-refractivity contribution < 1.29 is 36.0 Å². The van der Waals surface area contributed by atoms with E-state index in [2.05, 4.69) is 12.6 Å². The van der Waals surface area contributed by atoms with Crippen molar-refractivity contribution in [3.8, 4) is 0 Å². The molecule has 0 spiro atoms. The van der Waals surface area contributed by atoms with E-state index in [4.69, 9.17) is 9.47 Å². The van der Waals surface area contributed by atoms with E-state index in [-0.39, 0.29) is 30.8 Å². The van der Waals surface area contributed by atoms with E-state index in [9.17, 15) is 9.59 Å². The first-order valence-corrected chi connectivity index (χ1v) is 8.03. The third-order valence-electron chi connectivity index (χ3n) is 2.56. The van der Waals surface area contributed by atoms with Gasteiger partial charge >= 0.3 is 11.9 Å². The van der Waals surface area contributed by atoms with Crippen LogP contribution in [-0.4, -0.2) is 62.6 Å². The van der Waals surface area contributed by atoms with Crippen LogP contribution in [0, 0.1) is 5.92 Å². The van der Waals surface area contributed by atoms with Gasteiger partial charge in [-0.05, 0) is 18.1 Å². The first-order valence-electron chi connectivity index (χ1n) is 7.40. The fraction of sp³-hybridized carbons (Fsp3) is 0.867. The summed E-state index contributed by atoms with van der Waals surface area (Å²) in [6, 6.07) is 0. The van der Waals surface area contributed by atoms with Crippen LogP contribution < -0.4 is 12.4 Å². The Kier molecular flexibility index (Phi) is 13.0. The fourth-order valence-electron chi connectivity index (χ4n) is 1.73. The van der Waals surface area contributed by atoms with Gasteiger partial charge < -0.3 is 26.4 Å². The van der Waals surface area contributed by atoms with Crippen molar-refractivity contribution in [3.63, 3.8) is 0 Å². The molecule has 0 aromatic carbocycles. The van der Waals surface area contributed by atoms with Crippen LogP contribution in [0.2, 0.25) is 0 Å². The molecular formula is C15H30ClNO4S. The largest absolute Gasteiger partial charge is 1.00 e. The average molecular weight is 356 g/mol. The first-order chi connectivity index (χ1) is 9.64. The SMILES string of the molecule is CC(C)COC(=O)C[C@H](C[N+](C)(C)C)OC(=O)CCCS.[Cl-]. The molecular weight excluding hydrogens is 326 g/mol. The number of nitrogens with zero attached hydrogens (tertiary/aromatic N) is 1. The summed E-state index contributed by atoms with van der Waals surface area (Å²) >= 11 is 4.07. The Labute approximate surface area is 146 Å². The molecule has 0 aromatic heterocycles. The van der Waals surface area contributed by atoms with Crippen molar-refractivity contribution >= 4 is 24.6 Å². The van der Waals surface area contributed by atoms with E-state index < -0.39 is 6.10 Å². The number of hydrogen-bond donors (Lipinski definition) is 1. The summed E-state index contributed by atoms with van der Waals surface area (Å²) in [4.78, 5) is 23.5. The second-order valence-corrected chi connectivity index (χ2v) is 7.14. The van der Waals surface area contributed by atoms with Crippen molar-refractivity contribution in [3.05, 3.63) is 0 Å². The Hall–Kier alpha value is -0.460. The number of carbonyl (C=O) groups is 2. The van der Waals surface area contributed by atoms with E-state index in [1.807, 2.05) is 35.0 Å². The monoisotopic (exact) mass is 355 g/mol. The van der Waals surface area contributed by atoms with Crippen LogP contribution in [0.3, 0.4) is 0 Å². The molecule has 0 fully saturated rings. The summed E-state index contributed by atoms with van der Waals surface area (Å²) in [5.74, 6) is 0.345. The highest BCUT2D eigenvalue weighted by Crippen LogP contribution is 2.09. The van der Waals surface area contributed by atoms with Gasteiger partial charge in [-0.3, -0.25) is 9.59 Å². The lowest BCUT2D eigenvalue weighted by Gasteiger charge is -2.28. The number of thiol groups is 1. The van der Waals surface area contributed by atoms with Gasteiger partial charge in [0, 0.05) is 6.42 Å². The summed E-state index contributed by atoms with van der Waals surface area (Å²) < 4.78 is 11.2. The molecule has 22 heavy (non-hydrogen) atoms. The van der Waals surface area contributed by atoms with Crippen molar-refractivity contribution in [1.29, 1.82) is 0 Å². The van der Waals surface area contributed by atoms with Crippen molar-refractivity contribution in [1.82, 2.24) is 0 Å². The van der Waals surface area contributed by atoms with Gasteiger partial charge in [0.25, 0.3) is 0 Å². The molecule has 0 N–H and O–H groups in total. The molecule has 0 bridgehead atoms. The summed E-state index contributed by atoms with van der Waals surface area (Å²) in [7, 11) is 5.98. The fourth-order valence-corrected chi connectivity index (χ4v) is 1.89. The molecule has 1 atom stereocenters. The first kappa shape index (κ1) is 23.8. The molecule has 0 aliphatic heterocycles. The highest BCUT2D eigenvalue weighted by atomic mass is 35.5. The highest BCUT2D eigenvalue weighted by molar-refractivity contribution is 7.80. The van der Waals surface area contributed by atoms with E-state index in [1.165, 1.54) is 0 Å². The Balaban J connectivity index is 0. The highest BCUT2D eigenvalue weighted by Gasteiger charge is 2.25. The topological polar surface area (TPSA) is 52.6 Å². The quantitative estimate of drug-likeness (QED) is 0.307. The summed E-state index contributed by atoms with van der Waals surface area (Å²) in [6.45, 7) is 4.93. The zero-order valence-electron chi connectivity index (χ0n) is 14.3. The molecule has 7 heteroatoms. The molecule has 0 unspecified atom stereocenters. The van der Waals surface area contributed by atoms with Crippen LogP contribution in [0.4, 0.5) is 0 Å². The van der Waals surface area contributed by atoms with Crippen molar-refractivity contribution in [2.24, 2.45) is 5.92 Å². The number of carbonyl (C=O) groups excluding carboxylic acids is 2. The van der Waals surface area contributed by atoms with Crippen LogP contribution in [0.25, 0.3) is 0 Å². The van der Waals surface area contributed by atoms with Crippen molar-refractivity contribution in [2.75, 3.05) is 40.0 Å². The Morgan fingerprint density at radius 2 is 1.73 bits per heavy atom. The second-order valence-electron chi connectivity index (χ2n) is 6.69. The van der Waals surface area contributed by atoms with Gasteiger partial charge in [0.1, 0.15) is 6.54 Å². The Morgan fingerprint density at radius 1 is 1.14 bits per heavy atom. The van der Waals surface area contributed by atoms with Gasteiger partial charge in [0.2, 0.25) is 0 Å². The summed E-state index contributed by atoms with van der Waals surface area (Å²) in [5.41, 5.74) is 0. The summed E-state index contributed by atoms with van der Waals surface area (Å²) in [5, 5.41) is 0. The number of ether oxygens (including phenoxy) is 2. The molecule has 0 saturated heterocycles. The standard InChI is InChI=1S/C15H29NO4S.ClH/c1-12(2)11-19-15(18)9-13(10-16(3,4)5)20-14(17)7-6-8-21;/h12-13H,6-11H2,1-5H3;1H/t13-;/m1./s1. The zero-order valence-corrected chi connectivity index (χ0v) is 16.0. The van der Waals surface area contributed by atoms with Gasteiger partial charge in [0.05, 0.1) is 34.2 Å². The predicted molar refractivity (Wildman–Crippen MR) is 86.3 cm³/mol. The van der Waals surface area contributed by atoms with Gasteiger partial charge in [-0.25, -0.2) is 0 Å². The van der Waals surface area contributed by atoms with E-state index in [0.29, 0.717) is 42.1 Å². The maximum atomic E-state index is 11.8. The van der Waals surface area contributed by atoms with Gasteiger partial charge in [0.15, 0.2) is 6.10 Å². The predicted octanol–water partition coefficient (Wildman–Crippen LogP) is -1.09. The van der Waals surface area contributed by atoms with E-state index >= 15 is 0 Å². The minimum Gasteiger partial charge on any atom is -1.00 e. The number of likely N-dealkylation sites (N-methyl/N-ethyl adjacent to an activating group) is 1. The van der Waals surface area contributed by atoms with Crippen molar-refractivity contribution in [2.45, 2.75) is 39.2 Å². The molecule has 0 aliphatic rings. The van der Waals surface area contributed by atoms with Gasteiger partial charge in [-0.1, -0.05) is 13.8 Å². The molecule has 0 radical (unpaired) electrons. The molecule has 0 aromatic rings. The molecule has 5 nitrogen and oxygen atoms in total. The lowest BCUT2D eigenvalue weighted by Crippen LogP contribution is -3.00. The minimum absolute atomic E-state index is 0. The maximum Gasteiger partial charge on any atom is 0.309 e. The average Bonchev–Trinajstić information content (AvgIpc) is 2.31. The third kappa shape index (κ3) is 14.5. The number of halogens is 1. The smallest absolute Gasteiger partial charge is 0.309 e. The number of quaternary nitrogens is 1. The van der Waals surface area contributed by atoms with Gasteiger partial charge in [-0.15, -0.1) is 0 Å². The molecule has 132 valence electrons. The zero-order chi connectivity index (χ0) is 16.5. The molecule has 0 amide bonds. The maximum absolute atomic E-state index is 11.8. The second kappa shape index (κ2) is 12.0. The Morgan fingerprint density at radius 3 is 2.18 bits per heavy atom. The summed E-state index contributed by atoms with van der Waals surface area (Å²) in [6.07, 6.45) is 0.668. The molecule has 0 aliphatic carbocycles. The third-order valence-corrected chi connectivity index (χ3v) is 2.88. The van der Waals surface area contributed by atoms with Crippen LogP contribution in [0.5, 0.6) is 0 Å². The van der Waals surface area contributed by atoms with Crippen LogP contribution in [0.15, 0.2) is 0 Å². The normalized spacial score (nSPS) is 12.5. The molecule has 0 rings (SSSR count). The Bertz CT molecular complexity index is 332. The van der Waals surface area contributed by atoms with Crippen LogP contribution in [-0.2, 0) is 19.1 Å². The van der Waals surface area contributed by atoms with Gasteiger partial charge in [-0.2, -0.15) is 12.6 Å². The van der Waals surface area contributed by atoms with E-state index in [1.54, 1.807) is 0 Å².